The number of halogens is 4. The lowest BCUT2D eigenvalue weighted by Gasteiger charge is -2.34. The second-order valence-electron chi connectivity index (χ2n) is 14.3. The Balaban J connectivity index is 1.26. The molecule has 10 aromatic rings. The van der Waals surface area contributed by atoms with Gasteiger partial charge in [0.1, 0.15) is 11.6 Å². The Labute approximate surface area is 332 Å². The van der Waals surface area contributed by atoms with Gasteiger partial charge >= 0.3 is 0 Å². The summed E-state index contributed by atoms with van der Waals surface area (Å²) in [6.45, 7) is 0. The van der Waals surface area contributed by atoms with Crippen LogP contribution in [-0.4, -0.2) is 9.13 Å². The molecule has 55 heavy (non-hydrogen) atoms. The summed E-state index contributed by atoms with van der Waals surface area (Å²) in [6, 6.07) is 57.3. The van der Waals surface area contributed by atoms with Gasteiger partial charge in [-0.2, -0.15) is 0 Å². The highest BCUT2D eigenvalue weighted by molar-refractivity contribution is 9.10. The van der Waals surface area contributed by atoms with Gasteiger partial charge in [0.2, 0.25) is 0 Å². The molecule has 1 aliphatic carbocycles. The van der Waals surface area contributed by atoms with E-state index in [1.54, 1.807) is 0 Å². The summed E-state index contributed by atoms with van der Waals surface area (Å²) in [6.07, 6.45) is 0. The topological polar surface area (TPSA) is 9.86 Å². The summed E-state index contributed by atoms with van der Waals surface area (Å²) < 4.78 is 34.7. The number of benzene rings is 8. The first-order valence-corrected chi connectivity index (χ1v) is 19.7. The van der Waals surface area contributed by atoms with Crippen LogP contribution < -0.4 is 0 Å². The predicted molar refractivity (Wildman–Crippen MR) is 228 cm³/mol. The van der Waals surface area contributed by atoms with E-state index in [-0.39, 0.29) is 11.6 Å². The maximum absolute atomic E-state index is 14.1. The van der Waals surface area contributed by atoms with E-state index in [9.17, 15) is 8.78 Å². The Morgan fingerprint density at radius 2 is 0.782 bits per heavy atom. The second kappa shape index (κ2) is 12.1. The van der Waals surface area contributed by atoms with Crippen LogP contribution in [0.25, 0.3) is 66.1 Å². The molecule has 0 spiro atoms. The second-order valence-corrected chi connectivity index (χ2v) is 16.1. The van der Waals surface area contributed by atoms with Gasteiger partial charge in [0.15, 0.2) is 0 Å². The molecule has 2 aromatic heterocycles. The van der Waals surface area contributed by atoms with E-state index in [1.807, 2.05) is 24.3 Å². The number of aromatic nitrogens is 2. The van der Waals surface area contributed by atoms with Gasteiger partial charge < -0.3 is 9.13 Å². The van der Waals surface area contributed by atoms with Crippen molar-refractivity contribution in [3.8, 4) is 22.5 Å². The molecule has 0 aliphatic heterocycles. The van der Waals surface area contributed by atoms with Gasteiger partial charge in [-0.05, 0) is 143 Å². The van der Waals surface area contributed by atoms with E-state index < -0.39 is 5.41 Å². The Hall–Kier alpha value is -5.82. The quantitative estimate of drug-likeness (QED) is 0.167. The summed E-state index contributed by atoms with van der Waals surface area (Å²) in [4.78, 5) is 0. The Morgan fingerprint density at radius 3 is 1.22 bits per heavy atom. The van der Waals surface area contributed by atoms with E-state index >= 15 is 0 Å². The molecule has 262 valence electrons. The molecule has 0 unspecified atom stereocenters. The van der Waals surface area contributed by atoms with Crippen molar-refractivity contribution in [2.45, 2.75) is 5.41 Å². The van der Waals surface area contributed by atoms with Gasteiger partial charge in [-0.3, -0.25) is 0 Å². The fourth-order valence-electron chi connectivity index (χ4n) is 9.21. The molecule has 0 bridgehead atoms. The van der Waals surface area contributed by atoms with E-state index in [0.717, 1.165) is 75.1 Å². The fourth-order valence-corrected chi connectivity index (χ4v) is 9.93. The molecule has 2 nitrogen and oxygen atoms in total. The lowest BCUT2D eigenvalue weighted by atomic mass is 9.67. The zero-order valence-electron chi connectivity index (χ0n) is 29.1. The molecular formula is C49H28Br2F2N2. The average Bonchev–Trinajstić information content (AvgIpc) is 3.82. The number of para-hydroxylation sites is 2. The van der Waals surface area contributed by atoms with E-state index in [4.69, 9.17) is 0 Å². The first-order chi connectivity index (χ1) is 26.9. The van der Waals surface area contributed by atoms with Crippen LogP contribution in [0.5, 0.6) is 0 Å². The third kappa shape index (κ3) is 4.68. The molecule has 8 aromatic carbocycles. The van der Waals surface area contributed by atoms with E-state index in [1.165, 1.54) is 46.5 Å². The first kappa shape index (κ1) is 32.6. The van der Waals surface area contributed by atoms with Gasteiger partial charge in [0.05, 0.1) is 27.5 Å². The third-order valence-corrected chi connectivity index (χ3v) is 12.4. The SMILES string of the molecule is Fc1ccc(-n2c3ccccc3c3cc(C4(c5ccc6c(c5)c5ccccc5n6-c5ccc(F)cc5)c5cc(Br)ccc5-c5ccc(Br)cc54)ccc32)cc1. The number of hydrogen-bond donors (Lipinski definition) is 0. The van der Waals surface area contributed by atoms with Crippen LogP contribution in [0.15, 0.2) is 179 Å². The molecule has 0 saturated heterocycles. The largest absolute Gasteiger partial charge is 0.309 e. The Morgan fingerprint density at radius 1 is 0.382 bits per heavy atom. The molecule has 1 aliphatic rings. The molecule has 0 fully saturated rings. The maximum atomic E-state index is 14.1. The highest BCUT2D eigenvalue weighted by Gasteiger charge is 2.47. The minimum absolute atomic E-state index is 0.262. The standard InChI is InChI=1S/C49H28Br2F2N2/c50-31-11-21-37-38-22-12-32(51)28-44(38)49(43(37)27-31,29-9-23-47-41(25-29)39-5-1-3-7-45(39)54(47)35-17-13-33(52)14-18-35)30-10-24-48-42(26-30)40-6-2-4-8-46(40)55(48)36-19-15-34(53)16-20-36/h1-28H. The monoisotopic (exact) mass is 840 g/mol. The van der Waals surface area contributed by atoms with Crippen LogP contribution in [0.2, 0.25) is 0 Å². The predicted octanol–water partition coefficient (Wildman–Crippen LogP) is 14.0. The molecule has 0 N–H and O–H groups in total. The van der Waals surface area contributed by atoms with Crippen molar-refractivity contribution in [1.29, 1.82) is 0 Å². The van der Waals surface area contributed by atoms with Crippen molar-refractivity contribution in [3.05, 3.63) is 213 Å². The van der Waals surface area contributed by atoms with Crippen LogP contribution >= 0.6 is 31.9 Å². The van der Waals surface area contributed by atoms with Crippen molar-refractivity contribution in [1.82, 2.24) is 9.13 Å². The molecule has 0 radical (unpaired) electrons. The maximum Gasteiger partial charge on any atom is 0.123 e. The molecule has 11 rings (SSSR count). The zero-order chi connectivity index (χ0) is 37.0. The van der Waals surface area contributed by atoms with Crippen LogP contribution in [0.3, 0.4) is 0 Å². The summed E-state index contributed by atoms with van der Waals surface area (Å²) >= 11 is 7.73. The van der Waals surface area contributed by atoms with Crippen LogP contribution in [0.4, 0.5) is 8.78 Å². The Bertz CT molecular complexity index is 2980. The molecule has 2 heterocycles. The summed E-state index contributed by atoms with van der Waals surface area (Å²) in [5, 5.41) is 4.48. The molecule has 0 saturated carbocycles. The van der Waals surface area contributed by atoms with Crippen LogP contribution in [0, 0.1) is 11.6 Å². The molecule has 0 atom stereocenters. The van der Waals surface area contributed by atoms with Crippen molar-refractivity contribution in [2.75, 3.05) is 0 Å². The number of rotatable bonds is 4. The summed E-state index contributed by atoms with van der Waals surface area (Å²) in [5.74, 6) is -0.523. The first-order valence-electron chi connectivity index (χ1n) is 18.1. The lowest BCUT2D eigenvalue weighted by Crippen LogP contribution is -2.28. The number of hydrogen-bond acceptors (Lipinski definition) is 0. The van der Waals surface area contributed by atoms with Gasteiger partial charge in [-0.15, -0.1) is 0 Å². The summed E-state index contributed by atoms with van der Waals surface area (Å²) in [7, 11) is 0. The summed E-state index contributed by atoms with van der Waals surface area (Å²) in [5.41, 5.74) is 12.4. The Kier molecular flexibility index (Phi) is 7.17. The molecular weight excluding hydrogens is 814 g/mol. The van der Waals surface area contributed by atoms with E-state index in [2.05, 4.69) is 162 Å². The van der Waals surface area contributed by atoms with Gasteiger partial charge in [-0.1, -0.05) is 92.5 Å². The van der Waals surface area contributed by atoms with Gasteiger partial charge in [0.25, 0.3) is 0 Å². The van der Waals surface area contributed by atoms with E-state index in [0.29, 0.717) is 0 Å². The van der Waals surface area contributed by atoms with Gasteiger partial charge in [-0.25, -0.2) is 8.78 Å². The number of fused-ring (bicyclic) bond motifs is 9. The highest BCUT2D eigenvalue weighted by atomic mass is 79.9. The zero-order valence-corrected chi connectivity index (χ0v) is 32.2. The van der Waals surface area contributed by atoms with Crippen LogP contribution in [0.1, 0.15) is 22.3 Å². The third-order valence-electron chi connectivity index (χ3n) is 11.4. The minimum Gasteiger partial charge on any atom is -0.309 e. The van der Waals surface area contributed by atoms with Crippen molar-refractivity contribution in [2.24, 2.45) is 0 Å². The van der Waals surface area contributed by atoms with Crippen molar-refractivity contribution in [3.63, 3.8) is 0 Å². The van der Waals surface area contributed by atoms with Gasteiger partial charge in [0, 0.05) is 41.9 Å². The smallest absolute Gasteiger partial charge is 0.123 e. The highest BCUT2D eigenvalue weighted by Crippen LogP contribution is 2.58. The normalized spacial score (nSPS) is 13.2. The minimum atomic E-state index is -0.710. The molecule has 0 amide bonds. The molecule has 6 heteroatoms. The number of nitrogens with zero attached hydrogens (tertiary/aromatic N) is 2. The van der Waals surface area contributed by atoms with Crippen molar-refractivity contribution >= 4 is 75.5 Å². The fraction of sp³-hybridized carbons (Fsp3) is 0.0204. The van der Waals surface area contributed by atoms with Crippen LogP contribution in [-0.2, 0) is 5.41 Å². The average molecular weight is 843 g/mol. The van der Waals surface area contributed by atoms with Crippen molar-refractivity contribution < 1.29 is 8.78 Å². The lowest BCUT2D eigenvalue weighted by molar-refractivity contribution is 0.627.